The van der Waals surface area contributed by atoms with Crippen LogP contribution < -0.4 is 5.32 Å². The van der Waals surface area contributed by atoms with Gasteiger partial charge in [0, 0.05) is 19.3 Å². The van der Waals surface area contributed by atoms with Crippen LogP contribution in [0.2, 0.25) is 0 Å². The van der Waals surface area contributed by atoms with E-state index in [1.807, 2.05) is 12.5 Å². The van der Waals surface area contributed by atoms with E-state index in [1.54, 1.807) is 0 Å². The molecule has 0 saturated heterocycles. The summed E-state index contributed by atoms with van der Waals surface area (Å²) in [6.45, 7) is 5.42. The van der Waals surface area contributed by atoms with Crippen molar-refractivity contribution >= 4 is 0 Å². The Balaban J connectivity index is 1.85. The third kappa shape index (κ3) is 3.08. The fourth-order valence-electron chi connectivity index (χ4n) is 2.52. The average Bonchev–Trinajstić information content (AvgIpc) is 2.92. The van der Waals surface area contributed by atoms with E-state index < -0.39 is 0 Å². The van der Waals surface area contributed by atoms with E-state index in [1.165, 1.54) is 44.3 Å². The molecule has 0 bridgehead atoms. The zero-order valence-electron chi connectivity index (χ0n) is 10.3. The molecule has 0 aromatic carbocycles. The Morgan fingerprint density at radius 2 is 2.25 bits per heavy atom. The summed E-state index contributed by atoms with van der Waals surface area (Å²) in [5, 5.41) is 3.44. The van der Waals surface area contributed by atoms with E-state index in [2.05, 4.69) is 21.8 Å². The number of nitrogens with one attached hydrogen (secondary N) is 1. The fraction of sp³-hybridized carbons (Fsp3) is 0.769. The first-order valence-electron chi connectivity index (χ1n) is 6.60. The van der Waals surface area contributed by atoms with Gasteiger partial charge in [-0.3, -0.25) is 0 Å². The summed E-state index contributed by atoms with van der Waals surface area (Å²) >= 11 is 0. The minimum Gasteiger partial charge on any atom is -0.333 e. The van der Waals surface area contributed by atoms with Crippen molar-refractivity contribution < 1.29 is 0 Å². The second kappa shape index (κ2) is 6.04. The van der Waals surface area contributed by atoms with Crippen LogP contribution in [0.4, 0.5) is 0 Å². The number of aromatic nitrogens is 2. The molecule has 90 valence electrons. The van der Waals surface area contributed by atoms with Crippen molar-refractivity contribution in [2.75, 3.05) is 6.54 Å². The first kappa shape index (κ1) is 11.6. The Labute approximate surface area is 98.3 Å². The first-order valence-corrected chi connectivity index (χ1v) is 6.60. The summed E-state index contributed by atoms with van der Waals surface area (Å²) in [5.41, 5.74) is 1.33. The van der Waals surface area contributed by atoms with Gasteiger partial charge in [-0.1, -0.05) is 19.8 Å². The molecule has 16 heavy (non-hydrogen) atoms. The minimum atomic E-state index is 0.888. The monoisotopic (exact) mass is 221 g/mol. The molecular formula is C13H23N3. The molecule has 1 aromatic heterocycles. The van der Waals surface area contributed by atoms with Crippen molar-refractivity contribution in [3.63, 3.8) is 0 Å². The molecule has 1 aliphatic rings. The van der Waals surface area contributed by atoms with Crippen LogP contribution in [0.25, 0.3) is 0 Å². The van der Waals surface area contributed by atoms with Gasteiger partial charge in [-0.15, -0.1) is 0 Å². The third-order valence-corrected chi connectivity index (χ3v) is 3.46. The number of imidazole rings is 1. The lowest BCUT2D eigenvalue weighted by Gasteiger charge is -2.13. The predicted octanol–water partition coefficient (Wildman–Crippen LogP) is 2.57. The molecule has 1 fully saturated rings. The van der Waals surface area contributed by atoms with Gasteiger partial charge in [0.15, 0.2) is 0 Å². The van der Waals surface area contributed by atoms with Crippen LogP contribution in [0.5, 0.6) is 0 Å². The maximum absolute atomic E-state index is 4.27. The minimum absolute atomic E-state index is 0.888. The molecule has 0 spiro atoms. The lowest BCUT2D eigenvalue weighted by molar-refractivity contribution is 0.444. The second-order valence-electron chi connectivity index (χ2n) is 4.86. The van der Waals surface area contributed by atoms with Crippen molar-refractivity contribution in [2.45, 2.75) is 52.1 Å². The largest absolute Gasteiger partial charge is 0.333 e. The van der Waals surface area contributed by atoms with Crippen molar-refractivity contribution in [2.24, 2.45) is 5.92 Å². The molecule has 1 N–H and O–H groups in total. The zero-order valence-corrected chi connectivity index (χ0v) is 10.3. The molecule has 1 heterocycles. The van der Waals surface area contributed by atoms with Crippen LogP contribution >= 0.6 is 0 Å². The van der Waals surface area contributed by atoms with E-state index in [0.29, 0.717) is 0 Å². The van der Waals surface area contributed by atoms with Crippen molar-refractivity contribution in [3.8, 4) is 0 Å². The Morgan fingerprint density at radius 1 is 1.44 bits per heavy atom. The summed E-state index contributed by atoms with van der Waals surface area (Å²) in [4.78, 5) is 4.27. The van der Waals surface area contributed by atoms with E-state index >= 15 is 0 Å². The van der Waals surface area contributed by atoms with Gasteiger partial charge in [0.05, 0.1) is 12.0 Å². The van der Waals surface area contributed by atoms with Crippen molar-refractivity contribution in [3.05, 3.63) is 18.2 Å². The summed E-state index contributed by atoms with van der Waals surface area (Å²) in [7, 11) is 0. The molecule has 1 saturated carbocycles. The highest BCUT2D eigenvalue weighted by Gasteiger charge is 2.16. The zero-order chi connectivity index (χ0) is 11.2. The van der Waals surface area contributed by atoms with Gasteiger partial charge in [-0.25, -0.2) is 4.98 Å². The van der Waals surface area contributed by atoms with E-state index in [0.717, 1.165) is 19.0 Å². The molecule has 0 unspecified atom stereocenters. The van der Waals surface area contributed by atoms with Crippen LogP contribution in [-0.2, 0) is 13.1 Å². The van der Waals surface area contributed by atoms with Gasteiger partial charge in [0.1, 0.15) is 0 Å². The molecule has 0 atom stereocenters. The smallest absolute Gasteiger partial charge is 0.0948 e. The highest BCUT2D eigenvalue weighted by Crippen LogP contribution is 2.26. The van der Waals surface area contributed by atoms with Crippen LogP contribution in [0, 0.1) is 5.92 Å². The standard InChI is InChI=1S/C13H23N3/c1-2-7-14-8-13-9-15-11-16(13)10-12-5-3-4-6-12/h9,11-12,14H,2-8,10H2,1H3. The van der Waals surface area contributed by atoms with E-state index in [9.17, 15) is 0 Å². The topological polar surface area (TPSA) is 29.9 Å². The van der Waals surface area contributed by atoms with Crippen molar-refractivity contribution in [1.82, 2.24) is 14.9 Å². The Morgan fingerprint density at radius 3 is 3.00 bits per heavy atom. The SMILES string of the molecule is CCCNCc1cncn1CC1CCCC1. The predicted molar refractivity (Wildman–Crippen MR) is 66.2 cm³/mol. The maximum Gasteiger partial charge on any atom is 0.0948 e. The highest BCUT2D eigenvalue weighted by molar-refractivity contribution is 4.98. The Kier molecular flexibility index (Phi) is 4.40. The Hall–Kier alpha value is -0.830. The summed E-state index contributed by atoms with van der Waals surface area (Å²) in [6, 6.07) is 0. The van der Waals surface area contributed by atoms with E-state index in [4.69, 9.17) is 0 Å². The molecule has 2 rings (SSSR count). The number of nitrogens with zero attached hydrogens (tertiary/aromatic N) is 2. The normalized spacial score (nSPS) is 17.1. The molecule has 3 nitrogen and oxygen atoms in total. The van der Waals surface area contributed by atoms with Gasteiger partial charge in [-0.05, 0) is 31.7 Å². The summed E-state index contributed by atoms with van der Waals surface area (Å²) in [6.07, 6.45) is 10.8. The van der Waals surface area contributed by atoms with Gasteiger partial charge in [0.2, 0.25) is 0 Å². The molecular weight excluding hydrogens is 198 g/mol. The molecule has 1 aliphatic carbocycles. The Bertz CT molecular complexity index is 300. The second-order valence-corrected chi connectivity index (χ2v) is 4.86. The van der Waals surface area contributed by atoms with Gasteiger partial charge >= 0.3 is 0 Å². The maximum atomic E-state index is 4.27. The van der Waals surface area contributed by atoms with Gasteiger partial charge < -0.3 is 9.88 Å². The number of rotatable bonds is 6. The fourth-order valence-corrected chi connectivity index (χ4v) is 2.52. The molecule has 0 aliphatic heterocycles. The summed E-state index contributed by atoms with van der Waals surface area (Å²) < 4.78 is 2.33. The van der Waals surface area contributed by atoms with Crippen LogP contribution in [0.1, 0.15) is 44.7 Å². The molecule has 3 heteroatoms. The van der Waals surface area contributed by atoms with Gasteiger partial charge in [0.25, 0.3) is 0 Å². The number of hydrogen-bond acceptors (Lipinski definition) is 2. The van der Waals surface area contributed by atoms with E-state index in [-0.39, 0.29) is 0 Å². The van der Waals surface area contributed by atoms with Crippen LogP contribution in [0.3, 0.4) is 0 Å². The summed E-state index contributed by atoms with van der Waals surface area (Å²) in [5.74, 6) is 0.888. The van der Waals surface area contributed by atoms with Crippen LogP contribution in [-0.4, -0.2) is 16.1 Å². The van der Waals surface area contributed by atoms with Crippen molar-refractivity contribution in [1.29, 1.82) is 0 Å². The third-order valence-electron chi connectivity index (χ3n) is 3.46. The quantitative estimate of drug-likeness (QED) is 0.748. The lowest BCUT2D eigenvalue weighted by atomic mass is 10.1. The lowest BCUT2D eigenvalue weighted by Crippen LogP contribution is -2.18. The molecule has 1 aromatic rings. The molecule has 0 amide bonds. The van der Waals surface area contributed by atoms with Crippen LogP contribution in [0.15, 0.2) is 12.5 Å². The van der Waals surface area contributed by atoms with Gasteiger partial charge in [-0.2, -0.15) is 0 Å². The highest BCUT2D eigenvalue weighted by atomic mass is 15.1. The average molecular weight is 221 g/mol. The first-order chi connectivity index (χ1) is 7.90. The molecule has 0 radical (unpaired) electrons. The number of hydrogen-bond donors (Lipinski definition) is 1.